The van der Waals surface area contributed by atoms with Crippen LogP contribution in [0.1, 0.15) is 90.9 Å². The molecular weight excluding hydrogens is 236 g/mol. The molecule has 1 saturated carbocycles. The first-order valence-corrected chi connectivity index (χ1v) is 8.48. The van der Waals surface area contributed by atoms with Gasteiger partial charge in [0, 0.05) is 0 Å². The van der Waals surface area contributed by atoms with E-state index >= 15 is 0 Å². The summed E-state index contributed by atoms with van der Waals surface area (Å²) in [4.78, 5) is 12.1. The molecule has 2 heteroatoms. The van der Waals surface area contributed by atoms with E-state index in [9.17, 15) is 4.79 Å². The third-order valence-corrected chi connectivity index (χ3v) is 3.95. The lowest BCUT2D eigenvalue weighted by molar-refractivity contribution is -0.150. The van der Waals surface area contributed by atoms with Crippen LogP contribution in [0.15, 0.2) is 0 Å². The summed E-state index contributed by atoms with van der Waals surface area (Å²) in [7, 11) is 0. The van der Waals surface area contributed by atoms with Gasteiger partial charge in [0.05, 0.1) is 5.92 Å². The van der Waals surface area contributed by atoms with Crippen molar-refractivity contribution in [1.29, 1.82) is 0 Å². The Labute approximate surface area is 119 Å². The van der Waals surface area contributed by atoms with E-state index in [4.69, 9.17) is 4.74 Å². The van der Waals surface area contributed by atoms with Gasteiger partial charge in [-0.25, -0.2) is 0 Å². The van der Waals surface area contributed by atoms with Gasteiger partial charge in [-0.2, -0.15) is 0 Å². The van der Waals surface area contributed by atoms with Crippen molar-refractivity contribution in [2.24, 2.45) is 5.92 Å². The van der Waals surface area contributed by atoms with Crippen molar-refractivity contribution in [2.45, 2.75) is 97.0 Å². The Balaban J connectivity index is 2.21. The molecule has 0 amide bonds. The summed E-state index contributed by atoms with van der Waals surface area (Å²) in [6.07, 6.45) is 14.5. The third kappa shape index (κ3) is 8.28. The lowest BCUT2D eigenvalue weighted by Crippen LogP contribution is -2.19. The van der Waals surface area contributed by atoms with Gasteiger partial charge in [-0.05, 0) is 25.7 Å². The van der Waals surface area contributed by atoms with Crippen LogP contribution in [0.2, 0.25) is 0 Å². The van der Waals surface area contributed by atoms with Crippen molar-refractivity contribution in [1.82, 2.24) is 0 Å². The fourth-order valence-electron chi connectivity index (χ4n) is 2.46. The predicted octanol–water partition coefficient (Wildman–Crippen LogP) is 5.25. The van der Waals surface area contributed by atoms with Crippen LogP contribution in [-0.2, 0) is 9.53 Å². The second-order valence-electron chi connectivity index (χ2n) is 6.03. The number of esters is 1. The minimum absolute atomic E-state index is 0.0931. The van der Waals surface area contributed by atoms with E-state index in [0.717, 1.165) is 25.7 Å². The first-order chi connectivity index (χ1) is 9.27. The molecule has 0 aromatic rings. The highest BCUT2D eigenvalue weighted by molar-refractivity contribution is 5.72. The van der Waals surface area contributed by atoms with Crippen LogP contribution < -0.4 is 0 Å². The Kier molecular flexibility index (Phi) is 8.94. The normalized spacial score (nSPS) is 14.9. The summed E-state index contributed by atoms with van der Waals surface area (Å²) < 4.78 is 5.50. The Morgan fingerprint density at radius 1 is 0.947 bits per heavy atom. The Morgan fingerprint density at radius 2 is 1.47 bits per heavy atom. The maximum atomic E-state index is 12.1. The van der Waals surface area contributed by atoms with Crippen LogP contribution in [0.3, 0.4) is 0 Å². The molecule has 1 aliphatic rings. The van der Waals surface area contributed by atoms with Gasteiger partial charge in [0.1, 0.15) is 6.10 Å². The molecule has 19 heavy (non-hydrogen) atoms. The first-order valence-electron chi connectivity index (χ1n) is 8.48. The molecule has 0 unspecified atom stereocenters. The number of rotatable bonds is 12. The van der Waals surface area contributed by atoms with Crippen LogP contribution in [0.4, 0.5) is 0 Å². The molecule has 1 aliphatic carbocycles. The molecule has 0 bridgehead atoms. The van der Waals surface area contributed by atoms with Crippen LogP contribution in [0.25, 0.3) is 0 Å². The highest BCUT2D eigenvalue weighted by atomic mass is 16.5. The van der Waals surface area contributed by atoms with Gasteiger partial charge in [0.25, 0.3) is 0 Å². The van der Waals surface area contributed by atoms with E-state index in [2.05, 4.69) is 13.8 Å². The topological polar surface area (TPSA) is 26.3 Å². The molecule has 0 N–H and O–H groups in total. The number of ether oxygens (including phenoxy) is 1. The first kappa shape index (κ1) is 16.5. The molecule has 0 radical (unpaired) electrons. The highest BCUT2D eigenvalue weighted by Gasteiger charge is 2.29. The van der Waals surface area contributed by atoms with Gasteiger partial charge >= 0.3 is 5.97 Å². The largest absolute Gasteiger partial charge is 0.462 e. The second kappa shape index (κ2) is 10.3. The molecule has 0 aliphatic heterocycles. The van der Waals surface area contributed by atoms with Crippen molar-refractivity contribution in [2.75, 3.05) is 0 Å². The Bertz CT molecular complexity index is 221. The van der Waals surface area contributed by atoms with Crippen molar-refractivity contribution < 1.29 is 9.53 Å². The van der Waals surface area contributed by atoms with Gasteiger partial charge in [-0.1, -0.05) is 65.2 Å². The molecule has 0 saturated heterocycles. The van der Waals surface area contributed by atoms with Gasteiger partial charge in [0.2, 0.25) is 0 Å². The maximum Gasteiger partial charge on any atom is 0.309 e. The summed E-state index contributed by atoms with van der Waals surface area (Å²) in [5, 5.41) is 0. The van der Waals surface area contributed by atoms with Gasteiger partial charge in [-0.15, -0.1) is 0 Å². The SMILES string of the molecule is CCCCCCC(CCCCCC)C(=O)OC1CC1. The monoisotopic (exact) mass is 268 g/mol. The van der Waals surface area contributed by atoms with Crippen LogP contribution in [0, 0.1) is 5.92 Å². The fraction of sp³-hybridized carbons (Fsp3) is 0.941. The van der Waals surface area contributed by atoms with E-state index < -0.39 is 0 Å². The zero-order valence-corrected chi connectivity index (χ0v) is 13.0. The average Bonchev–Trinajstić information content (AvgIpc) is 3.20. The zero-order valence-electron chi connectivity index (χ0n) is 13.0. The number of carbonyl (C=O) groups excluding carboxylic acids is 1. The van der Waals surface area contributed by atoms with E-state index in [1.165, 1.54) is 51.4 Å². The molecule has 112 valence electrons. The van der Waals surface area contributed by atoms with Gasteiger partial charge in [-0.3, -0.25) is 4.79 Å². The van der Waals surface area contributed by atoms with Crippen molar-refractivity contribution in [3.8, 4) is 0 Å². The summed E-state index contributed by atoms with van der Waals surface area (Å²) >= 11 is 0. The molecule has 1 fully saturated rings. The summed E-state index contributed by atoms with van der Waals surface area (Å²) in [6.45, 7) is 4.45. The Hall–Kier alpha value is -0.530. The van der Waals surface area contributed by atoms with Gasteiger partial charge < -0.3 is 4.74 Å². The number of carbonyl (C=O) groups is 1. The summed E-state index contributed by atoms with van der Waals surface area (Å²) in [5.41, 5.74) is 0. The maximum absolute atomic E-state index is 12.1. The minimum Gasteiger partial charge on any atom is -0.462 e. The van der Waals surface area contributed by atoms with E-state index in [0.29, 0.717) is 0 Å². The smallest absolute Gasteiger partial charge is 0.309 e. The van der Waals surface area contributed by atoms with E-state index in [1.807, 2.05) is 0 Å². The third-order valence-electron chi connectivity index (χ3n) is 3.95. The zero-order chi connectivity index (χ0) is 13.9. The minimum atomic E-state index is 0.0931. The van der Waals surface area contributed by atoms with Crippen LogP contribution >= 0.6 is 0 Å². The fourth-order valence-corrected chi connectivity index (χ4v) is 2.46. The van der Waals surface area contributed by atoms with Crippen molar-refractivity contribution in [3.05, 3.63) is 0 Å². The molecule has 2 nitrogen and oxygen atoms in total. The van der Waals surface area contributed by atoms with Crippen LogP contribution in [-0.4, -0.2) is 12.1 Å². The Morgan fingerprint density at radius 3 is 1.89 bits per heavy atom. The quantitative estimate of drug-likeness (QED) is 0.357. The number of hydrogen-bond donors (Lipinski definition) is 0. The summed E-state index contributed by atoms with van der Waals surface area (Å²) in [6, 6.07) is 0. The number of hydrogen-bond acceptors (Lipinski definition) is 2. The molecule has 0 aromatic heterocycles. The molecule has 1 rings (SSSR count). The van der Waals surface area contributed by atoms with E-state index in [-0.39, 0.29) is 18.0 Å². The van der Waals surface area contributed by atoms with E-state index in [1.54, 1.807) is 0 Å². The number of unbranched alkanes of at least 4 members (excludes halogenated alkanes) is 6. The average molecular weight is 268 g/mol. The van der Waals surface area contributed by atoms with Crippen LogP contribution in [0.5, 0.6) is 0 Å². The predicted molar refractivity (Wildman–Crippen MR) is 80.1 cm³/mol. The molecule has 0 heterocycles. The molecule has 0 atom stereocenters. The lowest BCUT2D eigenvalue weighted by Gasteiger charge is -2.15. The highest BCUT2D eigenvalue weighted by Crippen LogP contribution is 2.27. The standard InChI is InChI=1S/C17H32O2/c1-3-5-7-9-11-15(12-10-8-6-4-2)17(18)19-16-13-14-16/h15-16H,3-14H2,1-2H3. The van der Waals surface area contributed by atoms with Crippen molar-refractivity contribution >= 4 is 5.97 Å². The molecule has 0 spiro atoms. The molecule has 0 aromatic carbocycles. The molecular formula is C17H32O2. The van der Waals surface area contributed by atoms with Gasteiger partial charge in [0.15, 0.2) is 0 Å². The summed E-state index contributed by atoms with van der Waals surface area (Å²) in [5.74, 6) is 0.268. The second-order valence-corrected chi connectivity index (χ2v) is 6.03. The lowest BCUT2D eigenvalue weighted by atomic mass is 9.94. The van der Waals surface area contributed by atoms with Crippen molar-refractivity contribution in [3.63, 3.8) is 0 Å².